The van der Waals surface area contributed by atoms with Crippen LogP contribution in [0.4, 0.5) is 14.6 Å². The molecular weight excluding hydrogens is 604 g/mol. The van der Waals surface area contributed by atoms with E-state index < -0.39 is 35.4 Å². The zero-order valence-corrected chi connectivity index (χ0v) is 23.7. The fourth-order valence-corrected chi connectivity index (χ4v) is 5.68. The Morgan fingerprint density at radius 3 is 2.70 bits per heavy atom. The lowest BCUT2D eigenvalue weighted by Crippen LogP contribution is -2.41. The van der Waals surface area contributed by atoms with Crippen molar-refractivity contribution >= 4 is 56.8 Å². The number of imidazole rings is 1. The molecule has 0 fully saturated rings. The van der Waals surface area contributed by atoms with Gasteiger partial charge in [0.1, 0.15) is 23.9 Å². The number of carbonyl (C=O) groups excluding carboxylic acids is 3. The van der Waals surface area contributed by atoms with Crippen LogP contribution in [0, 0.1) is 11.6 Å². The molecule has 11 nitrogen and oxygen atoms in total. The smallest absolute Gasteiger partial charge is 0.287 e. The lowest BCUT2D eigenvalue weighted by molar-refractivity contribution is -0.123. The fourth-order valence-electron chi connectivity index (χ4n) is 4.70. The number of carbonyl (C=O) groups is 3. The van der Waals surface area contributed by atoms with Gasteiger partial charge in [-0.15, -0.1) is 0 Å². The van der Waals surface area contributed by atoms with Crippen molar-refractivity contribution in [3.63, 3.8) is 0 Å². The molecule has 0 saturated carbocycles. The second kappa shape index (κ2) is 11.4. The van der Waals surface area contributed by atoms with Gasteiger partial charge in [-0.2, -0.15) is 4.37 Å². The third kappa shape index (κ3) is 5.49. The summed E-state index contributed by atoms with van der Waals surface area (Å²) in [5.41, 5.74) is 0.976. The maximum absolute atomic E-state index is 14.3. The zero-order valence-electron chi connectivity index (χ0n) is 22.2. The lowest BCUT2D eigenvalue weighted by atomic mass is 10.0. The van der Waals surface area contributed by atoms with Gasteiger partial charge < -0.3 is 25.3 Å². The molecule has 43 heavy (non-hydrogen) atoms. The van der Waals surface area contributed by atoms with Crippen LogP contribution < -0.4 is 20.7 Å². The van der Waals surface area contributed by atoms with E-state index in [1.807, 2.05) is 0 Å². The Kier molecular flexibility index (Phi) is 7.46. The number of nitrogens with zero attached hydrogens (tertiary/aromatic N) is 4. The molecule has 0 radical (unpaired) electrons. The van der Waals surface area contributed by atoms with Crippen molar-refractivity contribution in [1.29, 1.82) is 0 Å². The monoisotopic (exact) mass is 623 g/mol. The Balaban J connectivity index is 1.40. The number of amides is 3. The van der Waals surface area contributed by atoms with Crippen LogP contribution in [0.3, 0.4) is 0 Å². The van der Waals surface area contributed by atoms with Gasteiger partial charge in [0.25, 0.3) is 11.8 Å². The standard InChI is InChI=1S/C28H20ClF2N7O4S/c1-42-21-7-2-13(10-32-21)11-33-28(41)26-35-25(36-27(40)23-17-9-15(31)4-6-19(17)43-37-23)24-22(34-20(39)12-38(24)26)16-8-14(30)3-5-18(16)29/h2-10,22H,11-12H2,1H3,(H,33,41)(H,34,39)(H,36,40). The van der Waals surface area contributed by atoms with E-state index in [4.69, 9.17) is 16.3 Å². The zero-order chi connectivity index (χ0) is 30.2. The first-order valence-corrected chi connectivity index (χ1v) is 13.8. The third-order valence-electron chi connectivity index (χ3n) is 6.70. The third-order valence-corrected chi connectivity index (χ3v) is 7.87. The van der Waals surface area contributed by atoms with Crippen molar-refractivity contribution in [1.82, 2.24) is 29.5 Å². The average Bonchev–Trinajstić information content (AvgIpc) is 3.58. The highest BCUT2D eigenvalue weighted by atomic mass is 35.5. The molecule has 2 aromatic carbocycles. The van der Waals surface area contributed by atoms with Gasteiger partial charge in [-0.05, 0) is 53.5 Å². The summed E-state index contributed by atoms with van der Waals surface area (Å²) in [6.45, 7) is -0.249. The summed E-state index contributed by atoms with van der Waals surface area (Å²) in [7, 11) is 1.48. The van der Waals surface area contributed by atoms with Gasteiger partial charge in [-0.25, -0.2) is 18.7 Å². The van der Waals surface area contributed by atoms with E-state index in [0.717, 1.165) is 23.7 Å². The minimum absolute atomic E-state index is 0.0561. The normalized spacial score (nSPS) is 14.2. The van der Waals surface area contributed by atoms with Crippen LogP contribution in [0.5, 0.6) is 5.88 Å². The van der Waals surface area contributed by atoms with E-state index in [9.17, 15) is 23.2 Å². The van der Waals surface area contributed by atoms with E-state index >= 15 is 0 Å². The molecule has 0 spiro atoms. The molecule has 6 rings (SSSR count). The second-order valence-electron chi connectivity index (χ2n) is 9.44. The number of halogens is 3. The number of pyridine rings is 1. The van der Waals surface area contributed by atoms with E-state index in [0.29, 0.717) is 21.5 Å². The number of fused-ring (bicyclic) bond motifs is 2. The fraction of sp³-hybridized carbons (Fsp3) is 0.143. The Morgan fingerprint density at radius 1 is 1.14 bits per heavy atom. The van der Waals surface area contributed by atoms with Crippen LogP contribution >= 0.6 is 23.1 Å². The number of rotatable bonds is 7. The number of anilines is 1. The number of hydrogen-bond acceptors (Lipinski definition) is 8. The predicted molar refractivity (Wildman–Crippen MR) is 153 cm³/mol. The SMILES string of the molecule is COc1ccc(CNC(=O)c2nc(NC(=O)c3nsc4ccc(F)cc34)c3n2CC(=O)NC3c2cc(F)ccc2Cl)cn1. The van der Waals surface area contributed by atoms with Crippen LogP contribution in [0.1, 0.15) is 44.0 Å². The minimum Gasteiger partial charge on any atom is -0.481 e. The van der Waals surface area contributed by atoms with Crippen LogP contribution in [0.25, 0.3) is 10.1 Å². The molecule has 3 amide bonds. The van der Waals surface area contributed by atoms with Crippen molar-refractivity contribution in [2.75, 3.05) is 12.4 Å². The molecule has 0 aliphatic carbocycles. The van der Waals surface area contributed by atoms with Gasteiger partial charge in [-0.3, -0.25) is 14.4 Å². The molecule has 1 unspecified atom stereocenters. The summed E-state index contributed by atoms with van der Waals surface area (Å²) >= 11 is 7.41. The van der Waals surface area contributed by atoms with Crippen molar-refractivity contribution in [3.8, 4) is 5.88 Å². The lowest BCUT2D eigenvalue weighted by Gasteiger charge is -2.28. The number of benzene rings is 2. The first-order valence-electron chi connectivity index (χ1n) is 12.7. The molecule has 4 heterocycles. The largest absolute Gasteiger partial charge is 0.481 e. The highest BCUT2D eigenvalue weighted by Gasteiger charge is 2.36. The van der Waals surface area contributed by atoms with Gasteiger partial charge in [0, 0.05) is 34.8 Å². The summed E-state index contributed by atoms with van der Waals surface area (Å²) in [6, 6.07) is 9.88. The second-order valence-corrected chi connectivity index (χ2v) is 10.7. The average molecular weight is 624 g/mol. The Labute approximate surface area is 251 Å². The molecule has 218 valence electrons. The van der Waals surface area contributed by atoms with E-state index in [-0.39, 0.29) is 46.7 Å². The first-order chi connectivity index (χ1) is 20.7. The van der Waals surface area contributed by atoms with Crippen molar-refractivity contribution in [2.45, 2.75) is 19.1 Å². The van der Waals surface area contributed by atoms with Crippen molar-refractivity contribution in [3.05, 3.63) is 99.7 Å². The number of aromatic nitrogens is 4. The summed E-state index contributed by atoms with van der Waals surface area (Å²) in [5.74, 6) is -2.91. The van der Waals surface area contributed by atoms with Crippen LogP contribution in [0.15, 0.2) is 54.7 Å². The molecule has 3 N–H and O–H groups in total. The van der Waals surface area contributed by atoms with Crippen LogP contribution in [0.2, 0.25) is 5.02 Å². The highest BCUT2D eigenvalue weighted by Crippen LogP contribution is 2.36. The van der Waals surface area contributed by atoms with Gasteiger partial charge in [-0.1, -0.05) is 17.7 Å². The molecule has 3 aromatic heterocycles. The van der Waals surface area contributed by atoms with Crippen LogP contribution in [-0.4, -0.2) is 43.7 Å². The number of methoxy groups -OCH3 is 1. The topological polar surface area (TPSA) is 140 Å². The number of ether oxygens (including phenoxy) is 1. The maximum Gasteiger partial charge on any atom is 0.287 e. The molecule has 1 aliphatic rings. The Hall–Kier alpha value is -4.95. The number of nitrogens with one attached hydrogen (secondary N) is 3. The molecule has 1 aliphatic heterocycles. The van der Waals surface area contributed by atoms with Crippen molar-refractivity contribution < 1.29 is 27.9 Å². The first kappa shape index (κ1) is 28.2. The molecule has 5 aromatic rings. The summed E-state index contributed by atoms with van der Waals surface area (Å²) in [5, 5.41) is 8.56. The Bertz CT molecular complexity index is 1910. The highest BCUT2D eigenvalue weighted by molar-refractivity contribution is 7.13. The maximum atomic E-state index is 14.3. The molecular formula is C28H20ClF2N7O4S. The van der Waals surface area contributed by atoms with E-state index in [1.54, 1.807) is 12.1 Å². The van der Waals surface area contributed by atoms with Gasteiger partial charge in [0.15, 0.2) is 5.82 Å². The quantitative estimate of drug-likeness (QED) is 0.246. The molecule has 0 saturated heterocycles. The van der Waals surface area contributed by atoms with Gasteiger partial charge in [0.2, 0.25) is 17.6 Å². The predicted octanol–water partition coefficient (Wildman–Crippen LogP) is 4.23. The van der Waals surface area contributed by atoms with Gasteiger partial charge >= 0.3 is 0 Å². The number of hydrogen-bond donors (Lipinski definition) is 3. The van der Waals surface area contributed by atoms with Crippen molar-refractivity contribution in [2.24, 2.45) is 0 Å². The van der Waals surface area contributed by atoms with E-state index in [1.165, 1.54) is 42.1 Å². The van der Waals surface area contributed by atoms with Gasteiger partial charge in [0.05, 0.1) is 23.5 Å². The van der Waals surface area contributed by atoms with E-state index in [2.05, 4.69) is 30.3 Å². The summed E-state index contributed by atoms with van der Waals surface area (Å²) in [6.07, 6.45) is 1.53. The minimum atomic E-state index is -1.08. The Morgan fingerprint density at radius 2 is 1.93 bits per heavy atom. The van der Waals surface area contributed by atoms with Crippen LogP contribution in [-0.2, 0) is 17.9 Å². The summed E-state index contributed by atoms with van der Waals surface area (Å²) < 4.78 is 39.4. The molecule has 15 heteroatoms. The summed E-state index contributed by atoms with van der Waals surface area (Å²) in [4.78, 5) is 48.2. The molecule has 1 atom stereocenters. The molecule has 0 bridgehead atoms.